The quantitative estimate of drug-likeness (QED) is 0.568. The Kier molecular flexibility index (Phi) is 6.87. The molecule has 0 fully saturated rings. The van der Waals surface area contributed by atoms with E-state index in [9.17, 15) is 9.18 Å². The van der Waals surface area contributed by atoms with Gasteiger partial charge in [-0.05, 0) is 49.2 Å². The van der Waals surface area contributed by atoms with Crippen molar-refractivity contribution in [3.63, 3.8) is 0 Å². The molecule has 0 radical (unpaired) electrons. The topological polar surface area (TPSA) is 64.1 Å². The van der Waals surface area contributed by atoms with Crippen LogP contribution in [0.1, 0.15) is 18.5 Å². The molecule has 0 unspecified atom stereocenters. The number of ether oxygens (including phenoxy) is 1. The summed E-state index contributed by atoms with van der Waals surface area (Å²) in [5.74, 6) is 0.325. The van der Waals surface area contributed by atoms with Crippen LogP contribution in [0.5, 0.6) is 5.75 Å². The third-order valence-corrected chi connectivity index (χ3v) is 4.73. The zero-order chi connectivity index (χ0) is 18.9. The van der Waals surface area contributed by atoms with E-state index in [0.717, 1.165) is 16.3 Å². The number of benzene rings is 1. The summed E-state index contributed by atoms with van der Waals surface area (Å²) in [5.41, 5.74) is 1.90. The van der Waals surface area contributed by atoms with Gasteiger partial charge in [-0.15, -0.1) is 11.3 Å². The van der Waals surface area contributed by atoms with E-state index in [2.05, 4.69) is 15.3 Å². The van der Waals surface area contributed by atoms with E-state index in [1.807, 2.05) is 17.5 Å². The van der Waals surface area contributed by atoms with Gasteiger partial charge in [0.25, 0.3) is 0 Å². The molecule has 0 aliphatic heterocycles. The lowest BCUT2D eigenvalue weighted by molar-refractivity contribution is -0.121. The SMILES string of the molecule is O=C(CCc1csc(-c2cccnc2)n1)NCCCOc1ccc(F)cc1. The van der Waals surface area contributed by atoms with Crippen molar-refractivity contribution < 1.29 is 13.9 Å². The van der Waals surface area contributed by atoms with E-state index in [1.165, 1.54) is 12.1 Å². The van der Waals surface area contributed by atoms with Crippen molar-refractivity contribution in [2.75, 3.05) is 13.2 Å². The maximum atomic E-state index is 12.8. The van der Waals surface area contributed by atoms with Gasteiger partial charge in [0.1, 0.15) is 16.6 Å². The van der Waals surface area contributed by atoms with Crippen LogP contribution in [0.25, 0.3) is 10.6 Å². The molecule has 0 saturated carbocycles. The minimum atomic E-state index is -0.290. The minimum absolute atomic E-state index is 0.00675. The molecule has 1 N–H and O–H groups in total. The monoisotopic (exact) mass is 385 g/mol. The predicted octanol–water partition coefficient (Wildman–Crippen LogP) is 3.86. The van der Waals surface area contributed by atoms with Crippen molar-refractivity contribution in [1.29, 1.82) is 0 Å². The number of aryl methyl sites for hydroxylation is 1. The summed E-state index contributed by atoms with van der Waals surface area (Å²) in [5, 5.41) is 5.77. The van der Waals surface area contributed by atoms with Gasteiger partial charge in [-0.3, -0.25) is 9.78 Å². The standard InChI is InChI=1S/C20H20FN3O2S/c21-16-4-7-18(8-5-16)26-12-2-11-23-19(25)9-6-17-14-27-20(24-17)15-3-1-10-22-13-15/h1,3-5,7-8,10,13-14H,2,6,9,11-12H2,(H,23,25). The van der Waals surface area contributed by atoms with E-state index in [4.69, 9.17) is 4.74 Å². The highest BCUT2D eigenvalue weighted by Crippen LogP contribution is 2.23. The molecule has 7 heteroatoms. The molecule has 27 heavy (non-hydrogen) atoms. The number of halogens is 1. The van der Waals surface area contributed by atoms with Crippen molar-refractivity contribution in [3.8, 4) is 16.3 Å². The maximum Gasteiger partial charge on any atom is 0.220 e. The molecule has 2 aromatic heterocycles. The van der Waals surface area contributed by atoms with Crippen molar-refractivity contribution >= 4 is 17.2 Å². The highest BCUT2D eigenvalue weighted by atomic mass is 32.1. The van der Waals surface area contributed by atoms with Gasteiger partial charge in [-0.1, -0.05) is 0 Å². The van der Waals surface area contributed by atoms with Gasteiger partial charge in [-0.25, -0.2) is 9.37 Å². The first-order valence-corrected chi connectivity index (χ1v) is 9.58. The van der Waals surface area contributed by atoms with Crippen molar-refractivity contribution in [2.24, 2.45) is 0 Å². The summed E-state index contributed by atoms with van der Waals surface area (Å²) >= 11 is 1.55. The molecule has 5 nitrogen and oxygen atoms in total. The molecule has 0 saturated heterocycles. The summed E-state index contributed by atoms with van der Waals surface area (Å²) in [4.78, 5) is 20.6. The minimum Gasteiger partial charge on any atom is -0.494 e. The van der Waals surface area contributed by atoms with E-state index in [-0.39, 0.29) is 11.7 Å². The highest BCUT2D eigenvalue weighted by molar-refractivity contribution is 7.13. The Morgan fingerprint density at radius 1 is 1.22 bits per heavy atom. The normalized spacial score (nSPS) is 10.6. The van der Waals surface area contributed by atoms with Gasteiger partial charge in [0, 0.05) is 36.3 Å². The van der Waals surface area contributed by atoms with Crippen LogP contribution in [-0.4, -0.2) is 29.0 Å². The molecule has 0 bridgehead atoms. The highest BCUT2D eigenvalue weighted by Gasteiger charge is 2.07. The smallest absolute Gasteiger partial charge is 0.220 e. The van der Waals surface area contributed by atoms with Gasteiger partial charge in [0.15, 0.2) is 0 Å². The Hall–Kier alpha value is -2.80. The second-order valence-corrected chi connectivity index (χ2v) is 6.75. The van der Waals surface area contributed by atoms with Crippen LogP contribution in [0.2, 0.25) is 0 Å². The number of nitrogens with one attached hydrogen (secondary N) is 1. The van der Waals surface area contributed by atoms with Crippen LogP contribution in [0.4, 0.5) is 4.39 Å². The molecule has 3 rings (SSSR count). The fraction of sp³-hybridized carbons (Fsp3) is 0.250. The lowest BCUT2D eigenvalue weighted by atomic mass is 10.2. The van der Waals surface area contributed by atoms with Crippen LogP contribution < -0.4 is 10.1 Å². The van der Waals surface area contributed by atoms with Gasteiger partial charge < -0.3 is 10.1 Å². The molecule has 0 aliphatic rings. The molecule has 0 atom stereocenters. The Balaban J connectivity index is 1.32. The fourth-order valence-corrected chi connectivity index (χ4v) is 3.24. The number of amides is 1. The number of aromatic nitrogens is 2. The van der Waals surface area contributed by atoms with Crippen molar-refractivity contribution in [1.82, 2.24) is 15.3 Å². The summed E-state index contributed by atoms with van der Waals surface area (Å²) < 4.78 is 18.3. The number of thiazole rings is 1. The third-order valence-electron chi connectivity index (χ3n) is 3.79. The van der Waals surface area contributed by atoms with Crippen molar-refractivity contribution in [3.05, 3.63) is 65.7 Å². The Bertz CT molecular complexity index is 853. The average Bonchev–Trinajstić information content (AvgIpc) is 3.17. The summed E-state index contributed by atoms with van der Waals surface area (Å²) in [7, 11) is 0. The van der Waals surface area contributed by atoms with Gasteiger partial charge in [0.05, 0.1) is 12.3 Å². The molecular weight excluding hydrogens is 365 g/mol. The zero-order valence-electron chi connectivity index (χ0n) is 14.7. The summed E-state index contributed by atoms with van der Waals surface area (Å²) in [6.45, 7) is 1.00. The van der Waals surface area contributed by atoms with Gasteiger partial charge >= 0.3 is 0 Å². The molecule has 1 aromatic carbocycles. The first-order valence-electron chi connectivity index (χ1n) is 8.70. The van der Waals surface area contributed by atoms with E-state index >= 15 is 0 Å². The van der Waals surface area contributed by atoms with Crippen LogP contribution in [0.3, 0.4) is 0 Å². The first kappa shape index (κ1) is 19.0. The Labute approximate surface area is 161 Å². The number of carbonyl (C=O) groups is 1. The third kappa shape index (κ3) is 6.14. The number of carbonyl (C=O) groups excluding carboxylic acids is 1. The van der Waals surface area contributed by atoms with Crippen LogP contribution in [0, 0.1) is 5.82 Å². The van der Waals surface area contributed by atoms with E-state index in [1.54, 1.807) is 35.9 Å². The van der Waals surface area contributed by atoms with E-state index in [0.29, 0.717) is 38.2 Å². The summed E-state index contributed by atoms with van der Waals surface area (Å²) in [6, 6.07) is 9.73. The lowest BCUT2D eigenvalue weighted by Gasteiger charge is -2.07. The molecule has 3 aromatic rings. The lowest BCUT2D eigenvalue weighted by Crippen LogP contribution is -2.25. The Morgan fingerprint density at radius 3 is 2.85 bits per heavy atom. The first-order chi connectivity index (χ1) is 13.2. The van der Waals surface area contributed by atoms with Crippen LogP contribution in [0.15, 0.2) is 54.2 Å². The number of rotatable bonds is 9. The maximum absolute atomic E-state index is 12.8. The van der Waals surface area contributed by atoms with Gasteiger partial charge in [0.2, 0.25) is 5.91 Å². The van der Waals surface area contributed by atoms with Crippen molar-refractivity contribution in [2.45, 2.75) is 19.3 Å². The van der Waals surface area contributed by atoms with Crippen LogP contribution >= 0.6 is 11.3 Å². The molecule has 0 spiro atoms. The number of pyridine rings is 1. The fourth-order valence-electron chi connectivity index (χ4n) is 2.39. The summed E-state index contributed by atoms with van der Waals surface area (Å²) in [6.07, 6.45) is 5.20. The molecular formula is C20H20FN3O2S. The van der Waals surface area contributed by atoms with Crippen LogP contribution in [-0.2, 0) is 11.2 Å². The Morgan fingerprint density at radius 2 is 2.07 bits per heavy atom. The average molecular weight is 385 g/mol. The largest absolute Gasteiger partial charge is 0.494 e. The molecule has 140 valence electrons. The zero-order valence-corrected chi connectivity index (χ0v) is 15.5. The second kappa shape index (κ2) is 9.78. The number of nitrogens with zero attached hydrogens (tertiary/aromatic N) is 2. The second-order valence-electron chi connectivity index (χ2n) is 5.89. The van der Waals surface area contributed by atoms with E-state index < -0.39 is 0 Å². The molecule has 0 aliphatic carbocycles. The number of hydrogen-bond acceptors (Lipinski definition) is 5. The molecule has 2 heterocycles. The molecule has 1 amide bonds. The number of hydrogen-bond donors (Lipinski definition) is 1. The predicted molar refractivity (Wildman–Crippen MR) is 103 cm³/mol. The van der Waals surface area contributed by atoms with Gasteiger partial charge in [-0.2, -0.15) is 0 Å².